The molecule has 2 rings (SSSR count). The SMILES string of the molecule is CCOC(=O)c1ccc(C=Cc2ccccc2Cl)nc1C. The zero-order valence-corrected chi connectivity index (χ0v) is 12.7. The first-order valence-corrected chi connectivity index (χ1v) is 7.07. The number of carbonyl (C=O) groups excluding carboxylic acids is 1. The molecular weight excluding hydrogens is 286 g/mol. The molecule has 0 unspecified atom stereocenters. The van der Waals surface area contributed by atoms with Gasteiger partial charge in [0.15, 0.2) is 0 Å². The van der Waals surface area contributed by atoms with Crippen molar-refractivity contribution in [3.8, 4) is 0 Å². The Kier molecular flexibility index (Phi) is 5.12. The standard InChI is InChI=1S/C17H16ClNO2/c1-3-21-17(20)15-11-10-14(19-12(15)2)9-8-13-6-4-5-7-16(13)18/h4-11H,3H2,1-2H3. The number of carbonyl (C=O) groups is 1. The van der Waals surface area contributed by atoms with Crippen molar-refractivity contribution in [2.45, 2.75) is 13.8 Å². The van der Waals surface area contributed by atoms with Crippen LogP contribution in [0.5, 0.6) is 0 Å². The molecule has 0 fully saturated rings. The highest BCUT2D eigenvalue weighted by Crippen LogP contribution is 2.18. The second-order valence-corrected chi connectivity index (χ2v) is 4.85. The van der Waals surface area contributed by atoms with Gasteiger partial charge in [-0.1, -0.05) is 35.9 Å². The van der Waals surface area contributed by atoms with Gasteiger partial charge in [-0.2, -0.15) is 0 Å². The van der Waals surface area contributed by atoms with Crippen molar-refractivity contribution in [3.63, 3.8) is 0 Å². The van der Waals surface area contributed by atoms with Crippen molar-refractivity contribution in [2.24, 2.45) is 0 Å². The van der Waals surface area contributed by atoms with Crippen LogP contribution in [0.25, 0.3) is 12.2 Å². The van der Waals surface area contributed by atoms with Gasteiger partial charge in [-0.25, -0.2) is 4.79 Å². The van der Waals surface area contributed by atoms with Gasteiger partial charge in [-0.05, 0) is 43.7 Å². The molecule has 1 heterocycles. The van der Waals surface area contributed by atoms with Gasteiger partial charge in [0.25, 0.3) is 0 Å². The molecular formula is C17H16ClNO2. The Morgan fingerprint density at radius 3 is 2.67 bits per heavy atom. The number of hydrogen-bond donors (Lipinski definition) is 0. The highest BCUT2D eigenvalue weighted by Gasteiger charge is 2.10. The lowest BCUT2D eigenvalue weighted by Crippen LogP contribution is -2.08. The Bertz CT molecular complexity index is 680. The number of nitrogens with zero attached hydrogens (tertiary/aromatic N) is 1. The minimum Gasteiger partial charge on any atom is -0.462 e. The van der Waals surface area contributed by atoms with Crippen LogP contribution >= 0.6 is 11.6 Å². The van der Waals surface area contributed by atoms with Crippen molar-refractivity contribution in [2.75, 3.05) is 6.61 Å². The van der Waals surface area contributed by atoms with E-state index in [2.05, 4.69) is 4.98 Å². The van der Waals surface area contributed by atoms with Crippen LogP contribution in [0.4, 0.5) is 0 Å². The van der Waals surface area contributed by atoms with Crippen molar-refractivity contribution in [1.29, 1.82) is 0 Å². The molecule has 1 aromatic carbocycles. The van der Waals surface area contributed by atoms with E-state index in [0.717, 1.165) is 11.3 Å². The molecule has 0 aliphatic heterocycles. The van der Waals surface area contributed by atoms with Crippen LogP contribution in [-0.4, -0.2) is 17.6 Å². The predicted octanol–water partition coefficient (Wildman–Crippen LogP) is 4.39. The van der Waals surface area contributed by atoms with Gasteiger partial charge in [0, 0.05) is 5.02 Å². The summed E-state index contributed by atoms with van der Waals surface area (Å²) < 4.78 is 4.98. The van der Waals surface area contributed by atoms with Gasteiger partial charge < -0.3 is 4.74 Å². The van der Waals surface area contributed by atoms with Gasteiger partial charge in [0.05, 0.1) is 23.6 Å². The number of ether oxygens (including phenoxy) is 1. The Morgan fingerprint density at radius 1 is 1.24 bits per heavy atom. The average Bonchev–Trinajstić information content (AvgIpc) is 2.46. The number of aromatic nitrogens is 1. The van der Waals surface area contributed by atoms with Gasteiger partial charge in [0.2, 0.25) is 0 Å². The zero-order chi connectivity index (χ0) is 15.2. The quantitative estimate of drug-likeness (QED) is 0.786. The molecule has 0 saturated carbocycles. The summed E-state index contributed by atoms with van der Waals surface area (Å²) in [6.45, 7) is 3.92. The van der Waals surface area contributed by atoms with E-state index >= 15 is 0 Å². The van der Waals surface area contributed by atoms with Crippen LogP contribution in [0.3, 0.4) is 0 Å². The summed E-state index contributed by atoms with van der Waals surface area (Å²) in [4.78, 5) is 16.1. The van der Waals surface area contributed by atoms with E-state index in [1.807, 2.05) is 36.4 Å². The Balaban J connectivity index is 2.21. The van der Waals surface area contributed by atoms with Crippen molar-refractivity contribution < 1.29 is 9.53 Å². The Morgan fingerprint density at radius 2 is 2.00 bits per heavy atom. The smallest absolute Gasteiger partial charge is 0.339 e. The predicted molar refractivity (Wildman–Crippen MR) is 85.3 cm³/mol. The number of aryl methyl sites for hydroxylation is 1. The molecule has 3 nitrogen and oxygen atoms in total. The zero-order valence-electron chi connectivity index (χ0n) is 12.0. The molecule has 0 spiro atoms. The maximum absolute atomic E-state index is 11.7. The molecule has 0 aliphatic carbocycles. The molecule has 0 atom stereocenters. The van der Waals surface area contributed by atoms with Crippen molar-refractivity contribution in [3.05, 3.63) is 63.9 Å². The van der Waals surface area contributed by atoms with E-state index < -0.39 is 0 Å². The summed E-state index contributed by atoms with van der Waals surface area (Å²) in [7, 11) is 0. The van der Waals surface area contributed by atoms with Crippen molar-refractivity contribution in [1.82, 2.24) is 4.98 Å². The normalized spacial score (nSPS) is 10.8. The summed E-state index contributed by atoms with van der Waals surface area (Å²) >= 11 is 6.09. The van der Waals surface area contributed by atoms with E-state index in [9.17, 15) is 4.79 Å². The van der Waals surface area contributed by atoms with Crippen molar-refractivity contribution >= 4 is 29.7 Å². The van der Waals surface area contributed by atoms with Gasteiger partial charge in [-0.15, -0.1) is 0 Å². The summed E-state index contributed by atoms with van der Waals surface area (Å²) in [5.41, 5.74) is 2.83. The largest absolute Gasteiger partial charge is 0.462 e. The summed E-state index contributed by atoms with van der Waals surface area (Å²) in [5.74, 6) is -0.343. The fourth-order valence-corrected chi connectivity index (χ4v) is 2.08. The molecule has 1 aromatic heterocycles. The number of esters is 1. The van der Waals surface area contributed by atoms with Gasteiger partial charge in [-0.3, -0.25) is 4.98 Å². The lowest BCUT2D eigenvalue weighted by molar-refractivity contribution is 0.0525. The van der Waals surface area contributed by atoms with Crippen LogP contribution in [0.2, 0.25) is 5.02 Å². The Hall–Kier alpha value is -2.13. The maximum atomic E-state index is 11.7. The van der Waals surface area contributed by atoms with E-state index in [4.69, 9.17) is 16.3 Å². The number of benzene rings is 1. The van der Waals surface area contributed by atoms with Crippen LogP contribution in [0.1, 0.15) is 34.2 Å². The maximum Gasteiger partial charge on any atom is 0.339 e. The fraction of sp³-hybridized carbons (Fsp3) is 0.176. The molecule has 0 bridgehead atoms. The highest BCUT2D eigenvalue weighted by atomic mass is 35.5. The third kappa shape index (κ3) is 3.92. The van der Waals surface area contributed by atoms with Gasteiger partial charge in [0.1, 0.15) is 0 Å². The third-order valence-corrected chi connectivity index (χ3v) is 3.29. The van der Waals surface area contributed by atoms with E-state index in [0.29, 0.717) is 22.9 Å². The summed E-state index contributed by atoms with van der Waals surface area (Å²) in [5, 5.41) is 0.689. The van der Waals surface area contributed by atoms with E-state index in [1.54, 1.807) is 26.0 Å². The van der Waals surface area contributed by atoms with E-state index in [-0.39, 0.29) is 5.97 Å². The molecule has 0 amide bonds. The minimum absolute atomic E-state index is 0.343. The molecule has 0 aliphatic rings. The molecule has 108 valence electrons. The number of pyridine rings is 1. The highest BCUT2D eigenvalue weighted by molar-refractivity contribution is 6.32. The Labute approximate surface area is 129 Å². The average molecular weight is 302 g/mol. The molecule has 0 saturated heterocycles. The molecule has 0 N–H and O–H groups in total. The minimum atomic E-state index is -0.343. The van der Waals surface area contributed by atoms with Crippen LogP contribution in [0, 0.1) is 6.92 Å². The number of hydrogen-bond acceptors (Lipinski definition) is 3. The van der Waals surface area contributed by atoms with Crippen LogP contribution in [-0.2, 0) is 4.74 Å². The second kappa shape index (κ2) is 7.04. The lowest BCUT2D eigenvalue weighted by atomic mass is 10.1. The second-order valence-electron chi connectivity index (χ2n) is 4.44. The number of halogens is 1. The van der Waals surface area contributed by atoms with Gasteiger partial charge >= 0.3 is 5.97 Å². The third-order valence-electron chi connectivity index (χ3n) is 2.94. The molecule has 4 heteroatoms. The lowest BCUT2D eigenvalue weighted by Gasteiger charge is -2.05. The fourth-order valence-electron chi connectivity index (χ4n) is 1.88. The first-order valence-electron chi connectivity index (χ1n) is 6.69. The summed E-state index contributed by atoms with van der Waals surface area (Å²) in [6, 6.07) is 11.1. The first-order chi connectivity index (χ1) is 10.1. The topological polar surface area (TPSA) is 39.2 Å². The van der Waals surface area contributed by atoms with Crippen LogP contribution < -0.4 is 0 Å². The summed E-state index contributed by atoms with van der Waals surface area (Å²) in [6.07, 6.45) is 3.76. The first kappa shape index (κ1) is 15.3. The monoisotopic (exact) mass is 301 g/mol. The molecule has 2 aromatic rings. The molecule has 21 heavy (non-hydrogen) atoms. The molecule has 0 radical (unpaired) electrons. The number of rotatable bonds is 4. The van der Waals surface area contributed by atoms with Crippen LogP contribution in [0.15, 0.2) is 36.4 Å². The van der Waals surface area contributed by atoms with E-state index in [1.165, 1.54) is 0 Å².